The van der Waals surface area contributed by atoms with Gasteiger partial charge in [-0.2, -0.15) is 13.2 Å². The lowest BCUT2D eigenvalue weighted by atomic mass is 10.1. The van der Waals surface area contributed by atoms with Crippen LogP contribution in [0.25, 0.3) is 0 Å². The number of nitrogens with one attached hydrogen (secondary N) is 1. The largest absolute Gasteiger partial charge is 0.416 e. The minimum Gasteiger partial charge on any atom is -0.372 e. The van der Waals surface area contributed by atoms with E-state index in [4.69, 9.17) is 6.42 Å². The normalized spacial score (nSPS) is 12.9. The van der Waals surface area contributed by atoms with Gasteiger partial charge in [0.25, 0.3) is 0 Å². The first-order valence-corrected chi connectivity index (χ1v) is 5.37. The number of halogens is 3. The minimum atomic E-state index is -4.30. The van der Waals surface area contributed by atoms with E-state index < -0.39 is 11.7 Å². The molecule has 0 heterocycles. The van der Waals surface area contributed by atoms with Gasteiger partial charge < -0.3 is 5.32 Å². The highest BCUT2D eigenvalue weighted by Crippen LogP contribution is 2.29. The van der Waals surface area contributed by atoms with Gasteiger partial charge in [0.2, 0.25) is 0 Å². The van der Waals surface area contributed by atoms with E-state index in [2.05, 4.69) is 11.2 Å². The molecule has 0 spiro atoms. The molecule has 1 rings (SSSR count). The van der Waals surface area contributed by atoms with Crippen LogP contribution in [0.2, 0.25) is 0 Å². The van der Waals surface area contributed by atoms with Crippen molar-refractivity contribution in [1.29, 1.82) is 0 Å². The predicted molar refractivity (Wildman–Crippen MR) is 62.6 cm³/mol. The smallest absolute Gasteiger partial charge is 0.372 e. The Hall–Kier alpha value is -1.63. The molecule has 0 aliphatic carbocycles. The lowest BCUT2D eigenvalue weighted by Gasteiger charge is -2.14. The van der Waals surface area contributed by atoms with Crippen LogP contribution < -0.4 is 5.32 Å². The van der Waals surface area contributed by atoms with Gasteiger partial charge in [-0.25, -0.2) is 0 Å². The average Bonchev–Trinajstić information content (AvgIpc) is 2.28. The molecule has 1 aromatic rings. The number of benzene rings is 1. The molecule has 0 saturated heterocycles. The lowest BCUT2D eigenvalue weighted by Crippen LogP contribution is -2.16. The molecular formula is C13H14F3N. The van der Waals surface area contributed by atoms with Crippen LogP contribution in [0.5, 0.6) is 0 Å². The van der Waals surface area contributed by atoms with Gasteiger partial charge >= 0.3 is 6.18 Å². The fraction of sp³-hybridized carbons (Fsp3) is 0.385. The van der Waals surface area contributed by atoms with E-state index in [9.17, 15) is 13.2 Å². The standard InChI is InChI=1S/C13H14F3N/c1-3-5-11(4-2)17-12-8-6-10(7-9-12)13(14,15)16/h2,6-9,11,17H,3,5H2,1H3. The summed E-state index contributed by atoms with van der Waals surface area (Å²) in [4.78, 5) is 0. The molecule has 92 valence electrons. The first kappa shape index (κ1) is 13.4. The van der Waals surface area contributed by atoms with Gasteiger partial charge in [-0.3, -0.25) is 0 Å². The molecule has 0 aromatic heterocycles. The van der Waals surface area contributed by atoms with E-state index >= 15 is 0 Å². The maximum absolute atomic E-state index is 12.3. The van der Waals surface area contributed by atoms with Gasteiger partial charge in [-0.15, -0.1) is 6.42 Å². The summed E-state index contributed by atoms with van der Waals surface area (Å²) < 4.78 is 36.9. The Morgan fingerprint density at radius 1 is 1.29 bits per heavy atom. The predicted octanol–water partition coefficient (Wildman–Crippen LogP) is 3.92. The van der Waals surface area contributed by atoms with Crippen molar-refractivity contribution in [3.63, 3.8) is 0 Å². The fourth-order valence-electron chi connectivity index (χ4n) is 1.44. The van der Waals surface area contributed by atoms with Crippen LogP contribution in [-0.2, 0) is 6.18 Å². The summed E-state index contributed by atoms with van der Waals surface area (Å²) in [6.45, 7) is 2.00. The SMILES string of the molecule is C#CC(CCC)Nc1ccc(C(F)(F)F)cc1. The van der Waals surface area contributed by atoms with E-state index in [0.717, 1.165) is 25.0 Å². The van der Waals surface area contributed by atoms with Crippen molar-refractivity contribution in [3.8, 4) is 12.3 Å². The van der Waals surface area contributed by atoms with Crippen molar-refractivity contribution in [1.82, 2.24) is 0 Å². The summed E-state index contributed by atoms with van der Waals surface area (Å²) in [5.41, 5.74) is -0.0507. The molecule has 1 nitrogen and oxygen atoms in total. The summed E-state index contributed by atoms with van der Waals surface area (Å²) in [5.74, 6) is 2.56. The second-order valence-corrected chi connectivity index (χ2v) is 3.73. The molecule has 0 aliphatic heterocycles. The second kappa shape index (κ2) is 5.62. The van der Waals surface area contributed by atoms with Gasteiger partial charge in [0.15, 0.2) is 0 Å². The Morgan fingerprint density at radius 3 is 2.29 bits per heavy atom. The molecule has 4 heteroatoms. The van der Waals surface area contributed by atoms with Crippen LogP contribution in [0.15, 0.2) is 24.3 Å². The van der Waals surface area contributed by atoms with Crippen LogP contribution in [0, 0.1) is 12.3 Å². The summed E-state index contributed by atoms with van der Waals surface area (Å²) >= 11 is 0. The van der Waals surface area contributed by atoms with Crippen LogP contribution in [0.1, 0.15) is 25.3 Å². The summed E-state index contributed by atoms with van der Waals surface area (Å²) in [6, 6.07) is 4.73. The van der Waals surface area contributed by atoms with Gasteiger partial charge in [0, 0.05) is 5.69 Å². The molecule has 1 unspecified atom stereocenters. The molecule has 0 saturated carbocycles. The van der Waals surface area contributed by atoms with Crippen molar-refractivity contribution in [3.05, 3.63) is 29.8 Å². The van der Waals surface area contributed by atoms with Gasteiger partial charge in [-0.05, 0) is 30.7 Å². The van der Waals surface area contributed by atoms with Crippen molar-refractivity contribution < 1.29 is 13.2 Å². The van der Waals surface area contributed by atoms with Crippen molar-refractivity contribution in [2.75, 3.05) is 5.32 Å². The first-order chi connectivity index (χ1) is 7.97. The molecular weight excluding hydrogens is 227 g/mol. The maximum atomic E-state index is 12.3. The monoisotopic (exact) mass is 241 g/mol. The first-order valence-electron chi connectivity index (χ1n) is 5.37. The average molecular weight is 241 g/mol. The second-order valence-electron chi connectivity index (χ2n) is 3.73. The van der Waals surface area contributed by atoms with Crippen LogP contribution >= 0.6 is 0 Å². The Kier molecular flexibility index (Phi) is 4.45. The van der Waals surface area contributed by atoms with Gasteiger partial charge in [0.05, 0.1) is 11.6 Å². The maximum Gasteiger partial charge on any atom is 0.416 e. The number of hydrogen-bond donors (Lipinski definition) is 1. The van der Waals surface area contributed by atoms with Crippen molar-refractivity contribution >= 4 is 5.69 Å². The number of alkyl halides is 3. The van der Waals surface area contributed by atoms with Crippen molar-refractivity contribution in [2.24, 2.45) is 0 Å². The van der Waals surface area contributed by atoms with Crippen LogP contribution in [0.4, 0.5) is 18.9 Å². The zero-order chi connectivity index (χ0) is 12.9. The van der Waals surface area contributed by atoms with E-state index in [1.807, 2.05) is 6.92 Å². The third-order valence-corrected chi connectivity index (χ3v) is 2.33. The Bertz CT molecular complexity index is 387. The fourth-order valence-corrected chi connectivity index (χ4v) is 1.44. The van der Waals surface area contributed by atoms with E-state index in [1.165, 1.54) is 12.1 Å². The van der Waals surface area contributed by atoms with Gasteiger partial charge in [-0.1, -0.05) is 19.3 Å². The highest BCUT2D eigenvalue weighted by atomic mass is 19.4. The highest BCUT2D eigenvalue weighted by Gasteiger charge is 2.29. The topological polar surface area (TPSA) is 12.0 Å². The summed E-state index contributed by atoms with van der Waals surface area (Å²) in [7, 11) is 0. The molecule has 0 amide bonds. The van der Waals surface area contributed by atoms with Crippen molar-refractivity contribution in [2.45, 2.75) is 32.0 Å². The Balaban J connectivity index is 2.72. The molecule has 0 fully saturated rings. The lowest BCUT2D eigenvalue weighted by molar-refractivity contribution is -0.137. The molecule has 1 atom stereocenters. The zero-order valence-corrected chi connectivity index (χ0v) is 9.51. The van der Waals surface area contributed by atoms with Crippen LogP contribution in [0.3, 0.4) is 0 Å². The quantitative estimate of drug-likeness (QED) is 0.788. The van der Waals surface area contributed by atoms with E-state index in [1.54, 1.807) is 0 Å². The molecule has 0 aliphatic rings. The molecule has 1 N–H and O–H groups in total. The third kappa shape index (κ3) is 4.03. The third-order valence-electron chi connectivity index (χ3n) is 2.33. The highest BCUT2D eigenvalue weighted by molar-refractivity contribution is 5.47. The molecule has 17 heavy (non-hydrogen) atoms. The molecule has 0 radical (unpaired) electrons. The molecule has 0 bridgehead atoms. The Labute approximate surface area is 99.0 Å². The minimum absolute atomic E-state index is 0.142. The van der Waals surface area contributed by atoms with Gasteiger partial charge in [0.1, 0.15) is 0 Å². The Morgan fingerprint density at radius 2 is 1.88 bits per heavy atom. The van der Waals surface area contributed by atoms with E-state index in [-0.39, 0.29) is 6.04 Å². The number of terminal acetylenes is 1. The summed E-state index contributed by atoms with van der Waals surface area (Å²) in [5, 5.41) is 3.00. The molecule has 1 aromatic carbocycles. The number of anilines is 1. The number of rotatable bonds is 4. The number of hydrogen-bond acceptors (Lipinski definition) is 1. The van der Waals surface area contributed by atoms with Crippen LogP contribution in [-0.4, -0.2) is 6.04 Å². The summed E-state index contributed by atoms with van der Waals surface area (Å²) in [6.07, 6.45) is 2.72. The van der Waals surface area contributed by atoms with E-state index in [0.29, 0.717) is 5.69 Å². The zero-order valence-electron chi connectivity index (χ0n) is 9.51.